The van der Waals surface area contributed by atoms with Gasteiger partial charge in [-0.1, -0.05) is 0 Å². The summed E-state index contributed by atoms with van der Waals surface area (Å²) in [5, 5.41) is 35.7. The lowest BCUT2D eigenvalue weighted by molar-refractivity contribution is 0.0626. The molecule has 0 aliphatic rings. The molecular formula is C9H7NO7. The van der Waals surface area contributed by atoms with Crippen molar-refractivity contribution in [2.45, 2.75) is 6.92 Å². The molecule has 0 fully saturated rings. The highest BCUT2D eigenvalue weighted by Gasteiger charge is 2.30. The lowest BCUT2D eigenvalue weighted by atomic mass is 10.0. The first-order valence-electron chi connectivity index (χ1n) is 4.20. The van der Waals surface area contributed by atoms with Crippen molar-refractivity contribution < 1.29 is 34.8 Å². The van der Waals surface area contributed by atoms with Crippen molar-refractivity contribution in [2.24, 2.45) is 0 Å². The van der Waals surface area contributed by atoms with Gasteiger partial charge in [0.15, 0.2) is 11.4 Å². The fraction of sp³-hybridized carbons (Fsp3) is 0.111. The second kappa shape index (κ2) is 4.08. The SMILES string of the molecule is Cc1nc(C(=O)O)c(C(=O)O)c(C(=O)O)c1O. The molecule has 1 rings (SSSR count). The summed E-state index contributed by atoms with van der Waals surface area (Å²) >= 11 is 0. The van der Waals surface area contributed by atoms with Gasteiger partial charge >= 0.3 is 17.9 Å². The number of aryl methyl sites for hydroxylation is 1. The number of hydrogen-bond donors (Lipinski definition) is 4. The van der Waals surface area contributed by atoms with E-state index in [2.05, 4.69) is 4.98 Å². The predicted octanol–water partition coefficient (Wildman–Crippen LogP) is 0.190. The van der Waals surface area contributed by atoms with Crippen LogP contribution in [0.2, 0.25) is 0 Å². The number of aromatic carboxylic acids is 3. The molecule has 1 heterocycles. The van der Waals surface area contributed by atoms with E-state index in [-0.39, 0.29) is 5.69 Å². The standard InChI is InChI=1S/C9H7NO7/c1-2-6(11)4(8(14)15)3(7(12)13)5(10-2)9(16)17/h11H,1H3,(H,12,13)(H,14,15)(H,16,17). The van der Waals surface area contributed by atoms with Gasteiger partial charge in [-0.2, -0.15) is 0 Å². The maximum atomic E-state index is 10.8. The van der Waals surface area contributed by atoms with E-state index in [1.54, 1.807) is 0 Å². The smallest absolute Gasteiger partial charge is 0.355 e. The fourth-order valence-corrected chi connectivity index (χ4v) is 1.27. The van der Waals surface area contributed by atoms with Gasteiger partial charge in [-0.05, 0) is 6.92 Å². The lowest BCUT2D eigenvalue weighted by Crippen LogP contribution is -2.17. The molecule has 1 aromatic heterocycles. The van der Waals surface area contributed by atoms with Gasteiger partial charge in [0.25, 0.3) is 0 Å². The Morgan fingerprint density at radius 2 is 1.41 bits per heavy atom. The van der Waals surface area contributed by atoms with Crippen LogP contribution in [0.15, 0.2) is 0 Å². The van der Waals surface area contributed by atoms with E-state index < -0.39 is 40.5 Å². The molecule has 90 valence electrons. The maximum absolute atomic E-state index is 10.8. The molecule has 0 bridgehead atoms. The number of carbonyl (C=O) groups is 3. The van der Waals surface area contributed by atoms with E-state index in [0.29, 0.717) is 0 Å². The maximum Gasteiger partial charge on any atom is 0.355 e. The van der Waals surface area contributed by atoms with Gasteiger partial charge in [0.05, 0.1) is 5.69 Å². The third-order valence-corrected chi connectivity index (χ3v) is 1.98. The van der Waals surface area contributed by atoms with Crippen LogP contribution in [0.4, 0.5) is 0 Å². The molecule has 8 heteroatoms. The minimum absolute atomic E-state index is 0.273. The highest BCUT2D eigenvalue weighted by Crippen LogP contribution is 2.26. The zero-order chi connectivity index (χ0) is 13.3. The zero-order valence-electron chi connectivity index (χ0n) is 8.46. The minimum atomic E-state index is -1.79. The quantitative estimate of drug-likeness (QED) is 0.586. The predicted molar refractivity (Wildman–Crippen MR) is 51.5 cm³/mol. The van der Waals surface area contributed by atoms with Crippen LogP contribution < -0.4 is 0 Å². The van der Waals surface area contributed by atoms with E-state index >= 15 is 0 Å². The fourth-order valence-electron chi connectivity index (χ4n) is 1.27. The van der Waals surface area contributed by atoms with Gasteiger partial charge in [-0.3, -0.25) is 0 Å². The van der Waals surface area contributed by atoms with E-state index in [4.69, 9.17) is 15.3 Å². The Bertz CT molecular complexity index is 535. The van der Waals surface area contributed by atoms with Crippen molar-refractivity contribution in [3.8, 4) is 5.75 Å². The second-order valence-electron chi connectivity index (χ2n) is 3.06. The van der Waals surface area contributed by atoms with Crippen molar-refractivity contribution in [1.82, 2.24) is 4.98 Å². The summed E-state index contributed by atoms with van der Waals surface area (Å²) in [7, 11) is 0. The summed E-state index contributed by atoms with van der Waals surface area (Å²) in [5.41, 5.74) is -3.23. The van der Waals surface area contributed by atoms with Crippen LogP contribution in [0, 0.1) is 6.92 Å². The summed E-state index contributed by atoms with van der Waals surface area (Å²) in [4.78, 5) is 35.8. The average molecular weight is 241 g/mol. The van der Waals surface area contributed by atoms with Crippen molar-refractivity contribution in [3.63, 3.8) is 0 Å². The van der Waals surface area contributed by atoms with E-state index in [9.17, 15) is 19.5 Å². The summed E-state index contributed by atoms with van der Waals surface area (Å²) < 4.78 is 0. The molecule has 0 radical (unpaired) electrons. The first-order valence-corrected chi connectivity index (χ1v) is 4.20. The van der Waals surface area contributed by atoms with Crippen LogP contribution in [0.3, 0.4) is 0 Å². The van der Waals surface area contributed by atoms with Crippen LogP contribution >= 0.6 is 0 Å². The Kier molecular flexibility index (Phi) is 2.98. The summed E-state index contributed by atoms with van der Waals surface area (Å²) in [6, 6.07) is 0. The van der Waals surface area contributed by atoms with E-state index in [0.717, 1.165) is 0 Å². The Labute approximate surface area is 93.8 Å². The van der Waals surface area contributed by atoms with Crippen LogP contribution in [0.25, 0.3) is 0 Å². The molecule has 8 nitrogen and oxygen atoms in total. The molecule has 0 spiro atoms. The number of hydrogen-bond acceptors (Lipinski definition) is 5. The summed E-state index contributed by atoms with van der Waals surface area (Å²) in [5.74, 6) is -6.08. The molecule has 17 heavy (non-hydrogen) atoms. The van der Waals surface area contributed by atoms with Crippen LogP contribution in [0.5, 0.6) is 5.75 Å². The largest absolute Gasteiger partial charge is 0.505 e. The second-order valence-corrected chi connectivity index (χ2v) is 3.06. The average Bonchev–Trinajstić information content (AvgIpc) is 2.19. The molecule has 0 saturated carbocycles. The lowest BCUT2D eigenvalue weighted by Gasteiger charge is -2.09. The monoisotopic (exact) mass is 241 g/mol. The third-order valence-electron chi connectivity index (χ3n) is 1.98. The van der Waals surface area contributed by atoms with Crippen molar-refractivity contribution in [2.75, 3.05) is 0 Å². The number of rotatable bonds is 3. The Morgan fingerprint density at radius 3 is 1.76 bits per heavy atom. The molecule has 0 amide bonds. The molecule has 4 N–H and O–H groups in total. The Morgan fingerprint density at radius 1 is 0.941 bits per heavy atom. The van der Waals surface area contributed by atoms with E-state index in [1.165, 1.54) is 6.92 Å². The van der Waals surface area contributed by atoms with Gasteiger partial charge in [0, 0.05) is 0 Å². The number of nitrogens with zero attached hydrogens (tertiary/aromatic N) is 1. The first kappa shape index (κ1) is 12.4. The highest BCUT2D eigenvalue weighted by molar-refractivity contribution is 6.09. The topological polar surface area (TPSA) is 145 Å². The molecule has 0 aliphatic heterocycles. The van der Waals surface area contributed by atoms with Gasteiger partial charge in [0.1, 0.15) is 11.1 Å². The zero-order valence-corrected chi connectivity index (χ0v) is 8.46. The first-order chi connectivity index (χ1) is 7.77. The van der Waals surface area contributed by atoms with Crippen LogP contribution in [-0.2, 0) is 0 Å². The van der Waals surface area contributed by atoms with Gasteiger partial charge in [-0.25, -0.2) is 19.4 Å². The van der Waals surface area contributed by atoms with Crippen molar-refractivity contribution in [3.05, 3.63) is 22.5 Å². The molecule has 0 aliphatic carbocycles. The summed E-state index contributed by atoms with van der Waals surface area (Å²) in [6.45, 7) is 1.17. The highest BCUT2D eigenvalue weighted by atomic mass is 16.4. The Hall–Kier alpha value is -2.64. The van der Waals surface area contributed by atoms with Crippen LogP contribution in [0.1, 0.15) is 36.9 Å². The minimum Gasteiger partial charge on any atom is -0.505 e. The van der Waals surface area contributed by atoms with Crippen LogP contribution in [-0.4, -0.2) is 43.3 Å². The Balaban J connectivity index is 3.83. The number of aromatic hydroxyl groups is 1. The van der Waals surface area contributed by atoms with Gasteiger partial charge < -0.3 is 20.4 Å². The van der Waals surface area contributed by atoms with Crippen molar-refractivity contribution in [1.29, 1.82) is 0 Å². The number of aromatic nitrogens is 1. The molecule has 0 atom stereocenters. The number of carboxylic acids is 3. The van der Waals surface area contributed by atoms with Gasteiger partial charge in [-0.15, -0.1) is 0 Å². The summed E-state index contributed by atoms with van der Waals surface area (Å²) in [6.07, 6.45) is 0. The number of carboxylic acid groups (broad SMARTS) is 3. The molecule has 0 unspecified atom stereocenters. The normalized spacial score (nSPS) is 9.94. The molecule has 0 aromatic carbocycles. The number of pyridine rings is 1. The molecular weight excluding hydrogens is 234 g/mol. The van der Waals surface area contributed by atoms with Crippen molar-refractivity contribution >= 4 is 17.9 Å². The van der Waals surface area contributed by atoms with Gasteiger partial charge in [0.2, 0.25) is 0 Å². The molecule has 0 saturated heterocycles. The van der Waals surface area contributed by atoms with E-state index in [1.807, 2.05) is 0 Å². The molecule has 1 aromatic rings. The third kappa shape index (κ3) is 2.00.